The number of methoxy groups -OCH3 is 1. The molecule has 0 radical (unpaired) electrons. The first-order valence-electron chi connectivity index (χ1n) is 15.7. The lowest BCUT2D eigenvalue weighted by atomic mass is 10.0. The van der Waals surface area contributed by atoms with Crippen LogP contribution in [0.5, 0.6) is 0 Å². The Balaban J connectivity index is 1.39. The fourth-order valence-electron chi connectivity index (χ4n) is 5.79. The molecule has 254 valence electrons. The standard InChI is InChI=1S/C34H41N7O7/c1-34(2,3)48-33(45)39-27(17-22-19-40(4)20-37-22)32(44)47-28-12-15-41(23-10-13-35-14-11-23)29(28)30(42)38-26(31(43)46-5)16-21-18-36-25-9-7-6-8-24(21)25/h6-11,13-14,18-20,26-29,36H,12,15-17H2,1-5H3,(H,38,42)(H,39,45)/t26-,27-,28-,29-/m0/s1. The summed E-state index contributed by atoms with van der Waals surface area (Å²) in [6.45, 7) is 5.52. The van der Waals surface area contributed by atoms with E-state index in [9.17, 15) is 19.2 Å². The quantitative estimate of drug-likeness (QED) is 0.161. The van der Waals surface area contributed by atoms with Crippen LogP contribution in [0.2, 0.25) is 0 Å². The predicted octanol–water partition coefficient (Wildman–Crippen LogP) is 2.82. The lowest BCUT2D eigenvalue weighted by molar-refractivity contribution is -0.153. The number of rotatable bonds is 11. The lowest BCUT2D eigenvalue weighted by Crippen LogP contribution is -2.55. The van der Waals surface area contributed by atoms with E-state index >= 15 is 0 Å². The number of hydrogen-bond donors (Lipinski definition) is 3. The Labute approximate surface area is 278 Å². The fourth-order valence-corrected chi connectivity index (χ4v) is 5.79. The second-order valence-corrected chi connectivity index (χ2v) is 12.7. The van der Waals surface area contributed by atoms with Crippen LogP contribution in [0.25, 0.3) is 10.9 Å². The molecule has 14 heteroatoms. The molecule has 5 rings (SSSR count). The van der Waals surface area contributed by atoms with E-state index in [0.717, 1.165) is 16.5 Å². The van der Waals surface area contributed by atoms with Crippen molar-refractivity contribution >= 4 is 40.5 Å². The van der Waals surface area contributed by atoms with E-state index < -0.39 is 53.8 Å². The van der Waals surface area contributed by atoms with Gasteiger partial charge in [-0.15, -0.1) is 0 Å². The van der Waals surface area contributed by atoms with Gasteiger partial charge in [0.2, 0.25) is 5.91 Å². The van der Waals surface area contributed by atoms with E-state index in [-0.39, 0.29) is 12.8 Å². The Hall–Kier alpha value is -5.40. The van der Waals surface area contributed by atoms with E-state index in [1.807, 2.05) is 29.2 Å². The van der Waals surface area contributed by atoms with Crippen LogP contribution in [0.1, 0.15) is 38.4 Å². The number of fused-ring (bicyclic) bond motifs is 1. The smallest absolute Gasteiger partial charge is 0.408 e. The Morgan fingerprint density at radius 2 is 1.75 bits per heavy atom. The first-order chi connectivity index (χ1) is 22.9. The average Bonchev–Trinajstić information content (AvgIpc) is 3.78. The van der Waals surface area contributed by atoms with Gasteiger partial charge in [-0.25, -0.2) is 19.4 Å². The molecule has 0 unspecified atom stereocenters. The molecule has 1 aliphatic rings. The zero-order valence-electron chi connectivity index (χ0n) is 27.6. The maximum Gasteiger partial charge on any atom is 0.408 e. The Bertz CT molecular complexity index is 1750. The Morgan fingerprint density at radius 3 is 2.44 bits per heavy atom. The van der Waals surface area contributed by atoms with Gasteiger partial charge >= 0.3 is 18.0 Å². The molecule has 1 aliphatic heterocycles. The molecule has 0 spiro atoms. The molecule has 14 nitrogen and oxygen atoms in total. The summed E-state index contributed by atoms with van der Waals surface area (Å²) in [7, 11) is 3.06. The molecule has 4 heterocycles. The summed E-state index contributed by atoms with van der Waals surface area (Å²) < 4.78 is 18.2. The zero-order valence-corrected chi connectivity index (χ0v) is 27.6. The number of esters is 2. The molecule has 48 heavy (non-hydrogen) atoms. The first kappa shape index (κ1) is 33.9. The first-order valence-corrected chi connectivity index (χ1v) is 15.7. The maximum atomic E-state index is 14.2. The Kier molecular flexibility index (Phi) is 10.3. The predicted molar refractivity (Wildman–Crippen MR) is 176 cm³/mol. The van der Waals surface area contributed by atoms with Crippen LogP contribution in [0, 0.1) is 0 Å². The number of ether oxygens (including phenoxy) is 3. The largest absolute Gasteiger partial charge is 0.467 e. The van der Waals surface area contributed by atoms with Crippen LogP contribution < -0.4 is 15.5 Å². The van der Waals surface area contributed by atoms with Crippen molar-refractivity contribution in [3.8, 4) is 0 Å². The van der Waals surface area contributed by atoms with Gasteiger partial charge in [-0.05, 0) is 44.5 Å². The second-order valence-electron chi connectivity index (χ2n) is 12.7. The summed E-state index contributed by atoms with van der Waals surface area (Å²) in [5.74, 6) is -1.90. The fraction of sp³-hybridized carbons (Fsp3) is 0.412. The van der Waals surface area contributed by atoms with E-state index in [1.54, 1.807) is 75.6 Å². The summed E-state index contributed by atoms with van der Waals surface area (Å²) in [6.07, 6.45) is 7.11. The zero-order chi connectivity index (χ0) is 34.4. The summed E-state index contributed by atoms with van der Waals surface area (Å²) in [5.41, 5.74) is 2.16. The number of hydrogen-bond acceptors (Lipinski definition) is 10. The number of amides is 2. The third-order valence-electron chi connectivity index (χ3n) is 7.92. The van der Waals surface area contributed by atoms with Crippen molar-refractivity contribution in [2.45, 2.75) is 69.9 Å². The number of aromatic nitrogens is 4. The van der Waals surface area contributed by atoms with Crippen molar-refractivity contribution in [3.05, 3.63) is 78.8 Å². The van der Waals surface area contributed by atoms with Crippen LogP contribution in [-0.4, -0.2) is 86.9 Å². The van der Waals surface area contributed by atoms with Crippen LogP contribution in [0.4, 0.5) is 10.5 Å². The average molecular weight is 660 g/mol. The van der Waals surface area contributed by atoms with Gasteiger partial charge in [0.25, 0.3) is 0 Å². The van der Waals surface area contributed by atoms with Crippen LogP contribution >= 0.6 is 0 Å². The number of anilines is 1. The lowest BCUT2D eigenvalue weighted by Gasteiger charge is -2.30. The highest BCUT2D eigenvalue weighted by molar-refractivity contribution is 5.92. The number of para-hydroxylation sites is 1. The molecule has 1 saturated heterocycles. The van der Waals surface area contributed by atoms with E-state index in [0.29, 0.717) is 24.3 Å². The van der Waals surface area contributed by atoms with Crippen LogP contribution in [0.3, 0.4) is 0 Å². The van der Waals surface area contributed by atoms with E-state index in [4.69, 9.17) is 14.2 Å². The molecule has 3 N–H and O–H groups in total. The minimum absolute atomic E-state index is 0.0333. The van der Waals surface area contributed by atoms with Crippen molar-refractivity contribution in [3.63, 3.8) is 0 Å². The van der Waals surface area contributed by atoms with Crippen LogP contribution in [-0.2, 0) is 48.5 Å². The number of aromatic amines is 1. The summed E-state index contributed by atoms with van der Waals surface area (Å²) >= 11 is 0. The van der Waals surface area contributed by atoms with E-state index in [2.05, 4.69) is 25.6 Å². The molecular formula is C34H41N7O7. The number of H-pyrrole nitrogens is 1. The topological polar surface area (TPSA) is 170 Å². The molecule has 4 aromatic rings. The number of nitrogens with zero attached hydrogens (tertiary/aromatic N) is 4. The third-order valence-corrected chi connectivity index (χ3v) is 7.92. The summed E-state index contributed by atoms with van der Waals surface area (Å²) in [6, 6.07) is 7.97. The van der Waals surface area contributed by atoms with Crippen molar-refractivity contribution < 1.29 is 33.4 Å². The minimum Gasteiger partial charge on any atom is -0.467 e. The van der Waals surface area contributed by atoms with Gasteiger partial charge < -0.3 is 39.3 Å². The number of pyridine rings is 1. The number of alkyl carbamates (subject to hydrolysis) is 1. The molecule has 0 aliphatic carbocycles. The Morgan fingerprint density at radius 1 is 1.02 bits per heavy atom. The summed E-state index contributed by atoms with van der Waals surface area (Å²) in [5, 5.41) is 6.40. The molecule has 3 aromatic heterocycles. The number of carbonyl (C=O) groups excluding carboxylic acids is 4. The van der Waals surface area contributed by atoms with Crippen LogP contribution in [0.15, 0.2) is 67.5 Å². The van der Waals surface area contributed by atoms with Gasteiger partial charge in [-0.1, -0.05) is 18.2 Å². The molecule has 0 saturated carbocycles. The third kappa shape index (κ3) is 8.30. The van der Waals surface area contributed by atoms with Gasteiger partial charge in [0.15, 0.2) is 0 Å². The van der Waals surface area contributed by atoms with Gasteiger partial charge in [-0.2, -0.15) is 0 Å². The second kappa shape index (κ2) is 14.6. The number of nitrogens with one attached hydrogen (secondary N) is 3. The highest BCUT2D eigenvalue weighted by atomic mass is 16.6. The molecular weight excluding hydrogens is 618 g/mol. The van der Waals surface area contributed by atoms with Gasteiger partial charge in [-0.3, -0.25) is 9.78 Å². The molecule has 0 bridgehead atoms. The number of carbonyl (C=O) groups is 4. The minimum atomic E-state index is -1.15. The van der Waals surface area contributed by atoms with Gasteiger partial charge in [0.1, 0.15) is 29.8 Å². The highest BCUT2D eigenvalue weighted by Crippen LogP contribution is 2.29. The number of aryl methyl sites for hydroxylation is 1. The van der Waals surface area contributed by atoms with Gasteiger partial charge in [0, 0.05) is 74.2 Å². The summed E-state index contributed by atoms with van der Waals surface area (Å²) in [4.78, 5) is 67.0. The molecule has 4 atom stereocenters. The molecule has 1 aromatic carbocycles. The highest BCUT2D eigenvalue weighted by Gasteiger charge is 2.44. The van der Waals surface area contributed by atoms with E-state index in [1.165, 1.54) is 7.11 Å². The van der Waals surface area contributed by atoms with Gasteiger partial charge in [0.05, 0.1) is 19.1 Å². The number of benzene rings is 1. The van der Waals surface area contributed by atoms with Crippen molar-refractivity contribution in [1.82, 2.24) is 30.2 Å². The number of imidazole rings is 1. The van der Waals surface area contributed by atoms with Crippen molar-refractivity contribution in [1.29, 1.82) is 0 Å². The van der Waals surface area contributed by atoms with Crippen molar-refractivity contribution in [2.24, 2.45) is 7.05 Å². The maximum absolute atomic E-state index is 14.2. The molecule has 2 amide bonds. The SMILES string of the molecule is COC(=O)[C@H](Cc1c[nH]c2ccccc12)NC(=O)[C@@H]1[C@@H](OC(=O)[C@H](Cc2cn(C)cn2)NC(=O)OC(C)(C)C)CCN1c1ccncc1. The monoisotopic (exact) mass is 659 g/mol. The van der Waals surface area contributed by atoms with Crippen molar-refractivity contribution in [2.75, 3.05) is 18.6 Å². The molecule has 1 fully saturated rings. The normalized spacial score (nSPS) is 17.4.